The van der Waals surface area contributed by atoms with Gasteiger partial charge in [-0.1, -0.05) is 18.5 Å². The Balaban J connectivity index is 2.44. The molecule has 0 radical (unpaired) electrons. The minimum Gasteiger partial charge on any atom is -0.396 e. The molecule has 1 aromatic heterocycles. The van der Waals surface area contributed by atoms with Gasteiger partial charge in [0.05, 0.1) is 10.7 Å². The average Bonchev–Trinajstić information content (AvgIpc) is 2.21. The summed E-state index contributed by atoms with van der Waals surface area (Å²) in [5.41, 5.74) is 6.33. The predicted molar refractivity (Wildman–Crippen MR) is 65.3 cm³/mol. The Kier molecular flexibility index (Phi) is 4.65. The molecule has 0 aliphatic rings. The highest BCUT2D eigenvalue weighted by molar-refractivity contribution is 6.30. The van der Waals surface area contributed by atoms with Crippen LogP contribution in [0.4, 0.5) is 11.5 Å². The molecule has 15 heavy (non-hydrogen) atoms. The van der Waals surface area contributed by atoms with E-state index in [0.29, 0.717) is 16.5 Å². The van der Waals surface area contributed by atoms with E-state index in [1.807, 2.05) is 0 Å². The van der Waals surface area contributed by atoms with E-state index in [1.54, 1.807) is 12.3 Å². The Hall–Kier alpha value is -1.00. The van der Waals surface area contributed by atoms with Crippen molar-refractivity contribution < 1.29 is 0 Å². The number of nitrogen functional groups attached to an aromatic ring is 1. The van der Waals surface area contributed by atoms with Crippen LogP contribution >= 0.6 is 11.6 Å². The van der Waals surface area contributed by atoms with Gasteiger partial charge in [-0.25, -0.2) is 4.98 Å². The number of anilines is 2. The second kappa shape index (κ2) is 5.78. The zero-order chi connectivity index (χ0) is 11.3. The highest BCUT2D eigenvalue weighted by Crippen LogP contribution is 2.18. The quantitative estimate of drug-likeness (QED) is 0.805. The lowest BCUT2D eigenvalue weighted by Crippen LogP contribution is -2.25. The molecule has 0 saturated heterocycles. The second-order valence-corrected chi connectivity index (χ2v) is 3.85. The zero-order valence-electron chi connectivity index (χ0n) is 9.13. The molecule has 0 aliphatic carbocycles. The summed E-state index contributed by atoms with van der Waals surface area (Å²) in [5.74, 6) is 0.698. The Labute approximate surface area is 95.4 Å². The third kappa shape index (κ3) is 3.93. The number of nitrogens with one attached hydrogen (secondary N) is 1. The van der Waals surface area contributed by atoms with E-state index in [1.165, 1.54) is 0 Å². The van der Waals surface area contributed by atoms with Crippen molar-refractivity contribution in [2.45, 2.75) is 6.92 Å². The summed E-state index contributed by atoms with van der Waals surface area (Å²) in [7, 11) is 2.07. The van der Waals surface area contributed by atoms with Gasteiger partial charge >= 0.3 is 0 Å². The van der Waals surface area contributed by atoms with Crippen molar-refractivity contribution in [2.75, 3.05) is 37.7 Å². The Morgan fingerprint density at radius 1 is 1.60 bits per heavy atom. The lowest BCUT2D eigenvalue weighted by atomic mass is 10.4. The van der Waals surface area contributed by atoms with Gasteiger partial charge in [-0.2, -0.15) is 0 Å². The Morgan fingerprint density at radius 2 is 2.33 bits per heavy atom. The molecule has 5 heteroatoms. The molecule has 0 aliphatic heterocycles. The minimum atomic E-state index is 0.559. The van der Waals surface area contributed by atoms with Gasteiger partial charge in [0, 0.05) is 19.3 Å². The van der Waals surface area contributed by atoms with E-state index in [0.717, 1.165) is 19.6 Å². The highest BCUT2D eigenvalue weighted by Gasteiger charge is 2.01. The van der Waals surface area contributed by atoms with Crippen LogP contribution in [0.3, 0.4) is 0 Å². The molecule has 4 nitrogen and oxygen atoms in total. The van der Waals surface area contributed by atoms with Gasteiger partial charge < -0.3 is 16.0 Å². The van der Waals surface area contributed by atoms with Gasteiger partial charge in [-0.05, 0) is 19.7 Å². The highest BCUT2D eigenvalue weighted by atomic mass is 35.5. The topological polar surface area (TPSA) is 54.2 Å². The van der Waals surface area contributed by atoms with Crippen LogP contribution in [0.25, 0.3) is 0 Å². The Morgan fingerprint density at radius 3 is 2.93 bits per heavy atom. The maximum absolute atomic E-state index is 5.75. The van der Waals surface area contributed by atoms with E-state index in [-0.39, 0.29) is 0 Å². The van der Waals surface area contributed by atoms with Crippen molar-refractivity contribution >= 4 is 23.1 Å². The van der Waals surface area contributed by atoms with E-state index in [2.05, 4.69) is 29.2 Å². The second-order valence-electron chi connectivity index (χ2n) is 3.41. The summed E-state index contributed by atoms with van der Waals surface area (Å²) in [4.78, 5) is 6.32. The van der Waals surface area contributed by atoms with E-state index >= 15 is 0 Å². The number of likely N-dealkylation sites (N-methyl/N-ethyl adjacent to an activating group) is 1. The lowest BCUT2D eigenvalue weighted by Gasteiger charge is -2.14. The molecule has 0 bridgehead atoms. The molecule has 1 rings (SSSR count). The standard InChI is InChI=1S/C10H17ClN4/c1-3-15(2)5-4-13-10-9(12)6-8(11)7-14-10/h6-7H,3-5,12H2,1-2H3,(H,13,14). The summed E-state index contributed by atoms with van der Waals surface area (Å²) in [6.45, 7) is 4.93. The van der Waals surface area contributed by atoms with Crippen LogP contribution in [0.5, 0.6) is 0 Å². The zero-order valence-corrected chi connectivity index (χ0v) is 9.88. The molecule has 0 fully saturated rings. The van der Waals surface area contributed by atoms with Gasteiger partial charge in [0.25, 0.3) is 0 Å². The van der Waals surface area contributed by atoms with Crippen molar-refractivity contribution in [1.29, 1.82) is 0 Å². The fraction of sp³-hybridized carbons (Fsp3) is 0.500. The first-order chi connectivity index (χ1) is 7.13. The summed E-state index contributed by atoms with van der Waals surface area (Å²) >= 11 is 5.75. The van der Waals surface area contributed by atoms with Gasteiger partial charge in [0.2, 0.25) is 0 Å². The smallest absolute Gasteiger partial charge is 0.149 e. The van der Waals surface area contributed by atoms with Crippen LogP contribution in [0.1, 0.15) is 6.92 Å². The molecule has 0 aromatic carbocycles. The van der Waals surface area contributed by atoms with E-state index in [4.69, 9.17) is 17.3 Å². The van der Waals surface area contributed by atoms with Crippen LogP contribution in [0.15, 0.2) is 12.3 Å². The maximum Gasteiger partial charge on any atom is 0.149 e. The molecule has 0 amide bonds. The fourth-order valence-corrected chi connectivity index (χ4v) is 1.29. The first kappa shape index (κ1) is 12.1. The van der Waals surface area contributed by atoms with Crippen molar-refractivity contribution in [3.8, 4) is 0 Å². The predicted octanol–water partition coefficient (Wildman–Crippen LogP) is 1.68. The average molecular weight is 229 g/mol. The summed E-state index contributed by atoms with van der Waals surface area (Å²) in [6.07, 6.45) is 1.59. The molecule has 0 spiro atoms. The van der Waals surface area contributed by atoms with Gasteiger partial charge in [-0.15, -0.1) is 0 Å². The molecule has 0 saturated carbocycles. The number of pyridine rings is 1. The SMILES string of the molecule is CCN(C)CCNc1ncc(Cl)cc1N. The van der Waals surface area contributed by atoms with Gasteiger partial charge in [0.1, 0.15) is 5.82 Å². The summed E-state index contributed by atoms with van der Waals surface area (Å²) in [6, 6.07) is 1.69. The lowest BCUT2D eigenvalue weighted by molar-refractivity contribution is 0.367. The molecule has 0 unspecified atom stereocenters. The molecular formula is C10H17ClN4. The third-order valence-electron chi connectivity index (χ3n) is 2.21. The van der Waals surface area contributed by atoms with Crippen LogP contribution < -0.4 is 11.1 Å². The van der Waals surface area contributed by atoms with Crippen LogP contribution in [-0.2, 0) is 0 Å². The number of aromatic nitrogens is 1. The van der Waals surface area contributed by atoms with Gasteiger partial charge in [-0.3, -0.25) is 0 Å². The first-order valence-electron chi connectivity index (χ1n) is 4.97. The van der Waals surface area contributed by atoms with Crippen LogP contribution in [0.2, 0.25) is 5.02 Å². The Bertz CT molecular complexity index is 316. The largest absolute Gasteiger partial charge is 0.396 e. The summed E-state index contributed by atoms with van der Waals surface area (Å²) < 4.78 is 0. The maximum atomic E-state index is 5.75. The number of hydrogen-bond donors (Lipinski definition) is 2. The van der Waals surface area contributed by atoms with E-state index in [9.17, 15) is 0 Å². The number of rotatable bonds is 5. The monoisotopic (exact) mass is 228 g/mol. The third-order valence-corrected chi connectivity index (χ3v) is 2.42. The van der Waals surface area contributed by atoms with Crippen molar-refractivity contribution in [1.82, 2.24) is 9.88 Å². The fourth-order valence-electron chi connectivity index (χ4n) is 1.13. The summed E-state index contributed by atoms with van der Waals surface area (Å²) in [5, 5.41) is 3.73. The number of hydrogen-bond acceptors (Lipinski definition) is 4. The normalized spacial score (nSPS) is 10.7. The number of nitrogens with two attached hydrogens (primary N) is 1. The molecule has 1 heterocycles. The van der Waals surface area contributed by atoms with Crippen LogP contribution in [-0.4, -0.2) is 36.6 Å². The van der Waals surface area contributed by atoms with Crippen molar-refractivity contribution in [3.05, 3.63) is 17.3 Å². The first-order valence-corrected chi connectivity index (χ1v) is 5.34. The van der Waals surface area contributed by atoms with Crippen molar-refractivity contribution in [2.24, 2.45) is 0 Å². The van der Waals surface area contributed by atoms with Crippen LogP contribution in [0, 0.1) is 0 Å². The minimum absolute atomic E-state index is 0.559. The molecule has 84 valence electrons. The number of halogens is 1. The number of nitrogens with zero attached hydrogens (tertiary/aromatic N) is 2. The van der Waals surface area contributed by atoms with Crippen molar-refractivity contribution in [3.63, 3.8) is 0 Å². The molecule has 1 aromatic rings. The molecule has 3 N–H and O–H groups in total. The van der Waals surface area contributed by atoms with Gasteiger partial charge in [0.15, 0.2) is 0 Å². The van der Waals surface area contributed by atoms with E-state index < -0.39 is 0 Å². The molecular weight excluding hydrogens is 212 g/mol. The molecule has 0 atom stereocenters.